The number of anilines is 3. The highest BCUT2D eigenvalue weighted by atomic mass is 35.5. The average molecular weight is 282 g/mol. The molecule has 4 heteroatoms. The zero-order valence-corrected chi connectivity index (χ0v) is 13.5. The summed E-state index contributed by atoms with van der Waals surface area (Å²) in [5.41, 5.74) is 4.49. The lowest BCUT2D eigenvalue weighted by molar-refractivity contribution is 1.03. The minimum absolute atomic E-state index is 0.203. The second-order valence-corrected chi connectivity index (χ2v) is 5.69. The largest absolute Gasteiger partial charge is 0.378 e. The van der Waals surface area contributed by atoms with Crippen LogP contribution in [0.3, 0.4) is 0 Å². The number of allylic oxidation sites excluding steroid dienone is 1. The summed E-state index contributed by atoms with van der Waals surface area (Å²) in [5, 5.41) is -0.203. The molecular formula is C15H24ClN3. The summed E-state index contributed by atoms with van der Waals surface area (Å²) in [4.78, 5) is 6.28. The van der Waals surface area contributed by atoms with Crippen LogP contribution in [0.15, 0.2) is 24.8 Å². The van der Waals surface area contributed by atoms with Crippen molar-refractivity contribution in [3.8, 4) is 0 Å². The number of benzene rings is 1. The molecule has 0 aromatic heterocycles. The zero-order chi connectivity index (χ0) is 14.7. The molecule has 0 aliphatic rings. The fourth-order valence-corrected chi connectivity index (χ4v) is 2.23. The van der Waals surface area contributed by atoms with Crippen molar-refractivity contribution < 1.29 is 0 Å². The summed E-state index contributed by atoms with van der Waals surface area (Å²) < 4.78 is 0. The molecule has 0 N–H and O–H groups in total. The summed E-state index contributed by atoms with van der Waals surface area (Å²) in [5.74, 6) is 0. The molecule has 0 bridgehead atoms. The molecule has 1 aromatic rings. The minimum atomic E-state index is -0.203. The van der Waals surface area contributed by atoms with Crippen molar-refractivity contribution in [2.45, 2.75) is 5.38 Å². The van der Waals surface area contributed by atoms with Gasteiger partial charge in [-0.15, -0.1) is 18.2 Å². The van der Waals surface area contributed by atoms with Crippen molar-refractivity contribution in [3.05, 3.63) is 30.4 Å². The topological polar surface area (TPSA) is 9.72 Å². The maximum Gasteiger partial charge on any atom is 0.0804 e. The van der Waals surface area contributed by atoms with Gasteiger partial charge in [0.15, 0.2) is 0 Å². The van der Waals surface area contributed by atoms with E-state index in [9.17, 15) is 0 Å². The Morgan fingerprint density at radius 1 is 0.947 bits per heavy atom. The van der Waals surface area contributed by atoms with Crippen molar-refractivity contribution >= 4 is 28.7 Å². The van der Waals surface area contributed by atoms with E-state index in [1.54, 1.807) is 6.08 Å². The quantitative estimate of drug-likeness (QED) is 0.605. The standard InChI is InChI=1S/C15H24ClN3/c1-8-12(16)15-13(18(4)5)9-11(17(2)3)10-14(15)19(6)7/h8-10,12H,1H2,2-7H3. The van der Waals surface area contributed by atoms with Crippen LogP contribution < -0.4 is 14.7 Å². The van der Waals surface area contributed by atoms with Gasteiger partial charge in [-0.2, -0.15) is 0 Å². The molecule has 0 aliphatic heterocycles. The van der Waals surface area contributed by atoms with Crippen molar-refractivity contribution in [2.75, 3.05) is 57.0 Å². The van der Waals surface area contributed by atoms with Gasteiger partial charge in [-0.3, -0.25) is 0 Å². The molecule has 0 aliphatic carbocycles. The van der Waals surface area contributed by atoms with E-state index in [0.29, 0.717) is 0 Å². The molecular weight excluding hydrogens is 258 g/mol. The predicted octanol–water partition coefficient (Wildman–Crippen LogP) is 3.35. The Kier molecular flexibility index (Phi) is 5.12. The zero-order valence-electron chi connectivity index (χ0n) is 12.7. The summed E-state index contributed by atoms with van der Waals surface area (Å²) >= 11 is 6.44. The van der Waals surface area contributed by atoms with E-state index in [1.165, 1.54) is 0 Å². The molecule has 3 nitrogen and oxygen atoms in total. The highest BCUT2D eigenvalue weighted by Gasteiger charge is 2.19. The van der Waals surface area contributed by atoms with Crippen LogP contribution in [-0.4, -0.2) is 42.3 Å². The summed E-state index contributed by atoms with van der Waals surface area (Å²) in [7, 11) is 12.2. The average Bonchev–Trinajstić information content (AvgIpc) is 2.35. The van der Waals surface area contributed by atoms with Crippen LogP contribution in [0.5, 0.6) is 0 Å². The molecule has 106 valence electrons. The molecule has 0 saturated heterocycles. The van der Waals surface area contributed by atoms with E-state index in [-0.39, 0.29) is 5.38 Å². The van der Waals surface area contributed by atoms with E-state index in [4.69, 9.17) is 11.6 Å². The highest BCUT2D eigenvalue weighted by molar-refractivity contribution is 6.23. The van der Waals surface area contributed by atoms with E-state index in [1.807, 2.05) is 42.3 Å². The van der Waals surface area contributed by atoms with Crippen LogP contribution in [0.1, 0.15) is 10.9 Å². The van der Waals surface area contributed by atoms with Crippen molar-refractivity contribution in [1.29, 1.82) is 0 Å². The lowest BCUT2D eigenvalue weighted by atomic mass is 10.0. The Morgan fingerprint density at radius 2 is 1.37 bits per heavy atom. The van der Waals surface area contributed by atoms with Gasteiger partial charge in [-0.05, 0) is 12.1 Å². The molecule has 1 unspecified atom stereocenters. The number of rotatable bonds is 5. The maximum atomic E-state index is 6.44. The number of alkyl halides is 1. The molecule has 0 fully saturated rings. The molecule has 1 rings (SSSR count). The second-order valence-electron chi connectivity index (χ2n) is 5.22. The summed E-state index contributed by atoms with van der Waals surface area (Å²) in [6, 6.07) is 4.31. The van der Waals surface area contributed by atoms with Crippen LogP contribution in [0, 0.1) is 0 Å². The van der Waals surface area contributed by atoms with Crippen molar-refractivity contribution in [1.82, 2.24) is 0 Å². The van der Waals surface area contributed by atoms with Crippen LogP contribution >= 0.6 is 11.6 Å². The van der Waals surface area contributed by atoms with Gasteiger partial charge in [0.2, 0.25) is 0 Å². The third-order valence-corrected chi connectivity index (χ3v) is 3.48. The summed E-state index contributed by atoms with van der Waals surface area (Å²) in [6.07, 6.45) is 1.77. The molecule has 0 spiro atoms. The molecule has 0 heterocycles. The number of hydrogen-bond donors (Lipinski definition) is 0. The SMILES string of the molecule is C=CC(Cl)c1c(N(C)C)cc(N(C)C)cc1N(C)C. The van der Waals surface area contributed by atoms with Crippen LogP contribution in [0.2, 0.25) is 0 Å². The first-order valence-electron chi connectivity index (χ1n) is 6.26. The Morgan fingerprint density at radius 3 is 1.63 bits per heavy atom. The fourth-order valence-electron chi connectivity index (χ4n) is 2.01. The number of hydrogen-bond acceptors (Lipinski definition) is 3. The van der Waals surface area contributed by atoms with E-state index >= 15 is 0 Å². The monoisotopic (exact) mass is 281 g/mol. The van der Waals surface area contributed by atoms with Gasteiger partial charge >= 0.3 is 0 Å². The third kappa shape index (κ3) is 3.35. The van der Waals surface area contributed by atoms with Crippen LogP contribution in [0.4, 0.5) is 17.1 Å². The molecule has 0 saturated carbocycles. The van der Waals surface area contributed by atoms with Gasteiger partial charge in [0.05, 0.1) is 5.38 Å². The Balaban J connectivity index is 3.60. The molecule has 1 atom stereocenters. The maximum absolute atomic E-state index is 6.44. The molecule has 0 radical (unpaired) electrons. The smallest absolute Gasteiger partial charge is 0.0804 e. The first-order chi connectivity index (χ1) is 8.79. The minimum Gasteiger partial charge on any atom is -0.378 e. The normalized spacial score (nSPS) is 11.9. The first-order valence-corrected chi connectivity index (χ1v) is 6.69. The van der Waals surface area contributed by atoms with E-state index < -0.39 is 0 Å². The lowest BCUT2D eigenvalue weighted by Gasteiger charge is -2.28. The number of halogens is 1. The summed E-state index contributed by atoms with van der Waals surface area (Å²) in [6.45, 7) is 3.82. The fraction of sp³-hybridized carbons (Fsp3) is 0.467. The lowest BCUT2D eigenvalue weighted by Crippen LogP contribution is -2.19. The number of nitrogens with zero attached hydrogens (tertiary/aromatic N) is 3. The van der Waals surface area contributed by atoms with E-state index in [2.05, 4.69) is 33.4 Å². The molecule has 19 heavy (non-hydrogen) atoms. The third-order valence-electron chi connectivity index (χ3n) is 3.08. The first kappa shape index (κ1) is 15.7. The van der Waals surface area contributed by atoms with Gasteiger partial charge in [0.1, 0.15) is 0 Å². The van der Waals surface area contributed by atoms with Gasteiger partial charge in [0.25, 0.3) is 0 Å². The molecule has 0 amide bonds. The second kappa shape index (κ2) is 6.20. The highest BCUT2D eigenvalue weighted by Crippen LogP contribution is 2.40. The van der Waals surface area contributed by atoms with Crippen molar-refractivity contribution in [2.24, 2.45) is 0 Å². The Bertz CT molecular complexity index is 424. The van der Waals surface area contributed by atoms with Gasteiger partial charge in [-0.25, -0.2) is 0 Å². The van der Waals surface area contributed by atoms with Gasteiger partial charge < -0.3 is 14.7 Å². The van der Waals surface area contributed by atoms with Crippen molar-refractivity contribution in [3.63, 3.8) is 0 Å². The van der Waals surface area contributed by atoms with Crippen LogP contribution in [-0.2, 0) is 0 Å². The van der Waals surface area contributed by atoms with Gasteiger partial charge in [-0.1, -0.05) is 6.08 Å². The Labute approximate surface area is 122 Å². The van der Waals surface area contributed by atoms with Gasteiger partial charge in [0, 0.05) is 64.9 Å². The van der Waals surface area contributed by atoms with E-state index in [0.717, 1.165) is 22.6 Å². The molecule has 1 aromatic carbocycles. The Hall–Kier alpha value is -1.35. The predicted molar refractivity (Wildman–Crippen MR) is 88.2 cm³/mol. The van der Waals surface area contributed by atoms with Crippen LogP contribution in [0.25, 0.3) is 0 Å².